The van der Waals surface area contributed by atoms with E-state index >= 15 is 0 Å². The van der Waals surface area contributed by atoms with Crippen molar-refractivity contribution in [2.24, 2.45) is 0 Å². The third kappa shape index (κ3) is 2.51. The number of hydrogen-bond donors (Lipinski definition) is 1. The Hall–Kier alpha value is -2.18. The maximum atomic E-state index is 5.46. The van der Waals surface area contributed by atoms with Crippen molar-refractivity contribution in [2.75, 3.05) is 33.2 Å². The van der Waals surface area contributed by atoms with Gasteiger partial charge in [-0.05, 0) is 13.1 Å². The van der Waals surface area contributed by atoms with Crippen LogP contribution < -0.4 is 0 Å². The van der Waals surface area contributed by atoms with Crippen LogP contribution >= 0.6 is 0 Å². The fraction of sp³-hybridized carbons (Fsp3) is 0.375. The number of likely N-dealkylation sites (N-methyl/N-ethyl adjacent to an activating group) is 1. The molecule has 6 nitrogen and oxygen atoms in total. The van der Waals surface area contributed by atoms with Crippen LogP contribution in [-0.4, -0.2) is 58.2 Å². The number of fused-ring (bicyclic) bond motifs is 1. The molecule has 0 amide bonds. The van der Waals surface area contributed by atoms with Gasteiger partial charge in [-0.2, -0.15) is 4.98 Å². The van der Waals surface area contributed by atoms with Gasteiger partial charge in [0.15, 0.2) is 5.82 Å². The monoisotopic (exact) mass is 297 g/mol. The minimum atomic E-state index is 0.585. The molecule has 3 heterocycles. The number of rotatable bonds is 3. The highest BCUT2D eigenvalue weighted by atomic mass is 16.5. The summed E-state index contributed by atoms with van der Waals surface area (Å²) < 4.78 is 5.46. The number of nitrogens with one attached hydrogen (secondary N) is 1. The molecule has 22 heavy (non-hydrogen) atoms. The lowest BCUT2D eigenvalue weighted by Gasteiger charge is -2.31. The second kappa shape index (κ2) is 5.55. The average Bonchev–Trinajstić information content (AvgIpc) is 3.16. The molecule has 0 spiro atoms. The van der Waals surface area contributed by atoms with Gasteiger partial charge in [-0.3, -0.25) is 4.90 Å². The minimum Gasteiger partial charge on any atom is -0.360 e. The smallest absolute Gasteiger partial charge is 0.260 e. The maximum Gasteiger partial charge on any atom is 0.260 e. The van der Waals surface area contributed by atoms with E-state index in [4.69, 9.17) is 4.52 Å². The van der Waals surface area contributed by atoms with E-state index in [1.807, 2.05) is 24.4 Å². The Morgan fingerprint density at radius 2 is 2.00 bits per heavy atom. The normalized spacial score (nSPS) is 17.3. The topological polar surface area (TPSA) is 61.2 Å². The Morgan fingerprint density at radius 3 is 2.86 bits per heavy atom. The first-order valence-corrected chi connectivity index (χ1v) is 7.59. The van der Waals surface area contributed by atoms with E-state index < -0.39 is 0 Å². The maximum absolute atomic E-state index is 5.46. The largest absolute Gasteiger partial charge is 0.360 e. The molecule has 1 N–H and O–H groups in total. The van der Waals surface area contributed by atoms with Crippen LogP contribution in [0.15, 0.2) is 35.0 Å². The van der Waals surface area contributed by atoms with E-state index in [1.165, 1.54) is 0 Å². The lowest BCUT2D eigenvalue weighted by atomic mass is 10.2. The quantitative estimate of drug-likeness (QED) is 0.801. The van der Waals surface area contributed by atoms with Crippen molar-refractivity contribution < 1.29 is 4.52 Å². The summed E-state index contributed by atoms with van der Waals surface area (Å²) in [5, 5.41) is 5.25. The second-order valence-electron chi connectivity index (χ2n) is 5.84. The number of piperazine rings is 1. The van der Waals surface area contributed by atoms with Crippen LogP contribution in [0.2, 0.25) is 0 Å². The van der Waals surface area contributed by atoms with E-state index in [0.717, 1.165) is 55.0 Å². The average molecular weight is 297 g/mol. The molecule has 0 bridgehead atoms. The van der Waals surface area contributed by atoms with E-state index in [0.29, 0.717) is 5.89 Å². The van der Waals surface area contributed by atoms with Crippen LogP contribution in [0, 0.1) is 0 Å². The molecule has 1 aliphatic rings. The molecule has 114 valence electrons. The Morgan fingerprint density at radius 1 is 1.18 bits per heavy atom. The van der Waals surface area contributed by atoms with Crippen molar-refractivity contribution in [1.29, 1.82) is 0 Å². The van der Waals surface area contributed by atoms with Gasteiger partial charge in [-0.25, -0.2) is 0 Å². The van der Waals surface area contributed by atoms with E-state index in [2.05, 4.69) is 38.0 Å². The third-order valence-corrected chi connectivity index (χ3v) is 4.25. The zero-order valence-corrected chi connectivity index (χ0v) is 12.6. The summed E-state index contributed by atoms with van der Waals surface area (Å²) in [4.78, 5) is 12.5. The van der Waals surface area contributed by atoms with Gasteiger partial charge in [0.25, 0.3) is 5.89 Å². The van der Waals surface area contributed by atoms with Gasteiger partial charge >= 0.3 is 0 Å². The first kappa shape index (κ1) is 13.5. The van der Waals surface area contributed by atoms with E-state index in [9.17, 15) is 0 Å². The molecule has 1 fully saturated rings. The van der Waals surface area contributed by atoms with Crippen molar-refractivity contribution >= 4 is 10.9 Å². The summed E-state index contributed by atoms with van der Waals surface area (Å²) in [6, 6.07) is 8.13. The van der Waals surface area contributed by atoms with Crippen molar-refractivity contribution in [3.05, 3.63) is 36.3 Å². The summed E-state index contributed by atoms with van der Waals surface area (Å²) in [5.41, 5.74) is 2.05. The number of para-hydroxylation sites is 1. The van der Waals surface area contributed by atoms with Gasteiger partial charge < -0.3 is 14.4 Å². The summed E-state index contributed by atoms with van der Waals surface area (Å²) in [6.45, 7) is 5.03. The van der Waals surface area contributed by atoms with Gasteiger partial charge in [0.05, 0.1) is 12.1 Å². The Bertz CT molecular complexity index is 770. The summed E-state index contributed by atoms with van der Waals surface area (Å²) >= 11 is 0. The predicted octanol–water partition coefficient (Wildman–Crippen LogP) is 1.97. The SMILES string of the molecule is CN1CCN(Cc2noc(-c3c[nH]c4ccccc34)n2)CC1. The summed E-state index contributed by atoms with van der Waals surface area (Å²) in [6.07, 6.45) is 1.93. The number of H-pyrrole nitrogens is 1. The number of aromatic amines is 1. The number of aromatic nitrogens is 3. The van der Waals surface area contributed by atoms with Crippen LogP contribution in [0.5, 0.6) is 0 Å². The molecule has 0 radical (unpaired) electrons. The predicted molar refractivity (Wildman–Crippen MR) is 84.4 cm³/mol. The second-order valence-corrected chi connectivity index (χ2v) is 5.84. The first-order chi connectivity index (χ1) is 10.8. The molecule has 0 aliphatic carbocycles. The molecule has 1 aliphatic heterocycles. The van der Waals surface area contributed by atoms with Crippen LogP contribution in [0.3, 0.4) is 0 Å². The highest BCUT2D eigenvalue weighted by Crippen LogP contribution is 2.27. The minimum absolute atomic E-state index is 0.585. The first-order valence-electron chi connectivity index (χ1n) is 7.59. The van der Waals surface area contributed by atoms with Crippen molar-refractivity contribution in [1.82, 2.24) is 24.9 Å². The van der Waals surface area contributed by atoms with Crippen LogP contribution in [-0.2, 0) is 6.54 Å². The van der Waals surface area contributed by atoms with Gasteiger partial charge in [0, 0.05) is 43.3 Å². The van der Waals surface area contributed by atoms with Crippen molar-refractivity contribution in [2.45, 2.75) is 6.54 Å². The molecular weight excluding hydrogens is 278 g/mol. The molecule has 6 heteroatoms. The lowest BCUT2D eigenvalue weighted by molar-refractivity contribution is 0.144. The molecule has 2 aromatic heterocycles. The van der Waals surface area contributed by atoms with Crippen LogP contribution in [0.1, 0.15) is 5.82 Å². The zero-order valence-electron chi connectivity index (χ0n) is 12.6. The fourth-order valence-electron chi connectivity index (χ4n) is 2.88. The number of nitrogens with zero attached hydrogens (tertiary/aromatic N) is 4. The standard InChI is InChI=1S/C16H19N5O/c1-20-6-8-21(9-7-20)11-15-18-16(22-19-15)13-10-17-14-5-3-2-4-12(13)14/h2-5,10,17H,6-9,11H2,1H3. The zero-order chi connectivity index (χ0) is 14.9. The van der Waals surface area contributed by atoms with Crippen LogP contribution in [0.25, 0.3) is 22.4 Å². The Balaban J connectivity index is 1.54. The molecule has 0 unspecified atom stereocenters. The third-order valence-electron chi connectivity index (χ3n) is 4.25. The van der Waals surface area contributed by atoms with Crippen LogP contribution in [0.4, 0.5) is 0 Å². The van der Waals surface area contributed by atoms with Gasteiger partial charge in [-0.15, -0.1) is 0 Å². The van der Waals surface area contributed by atoms with E-state index in [1.54, 1.807) is 0 Å². The van der Waals surface area contributed by atoms with Gasteiger partial charge in [-0.1, -0.05) is 23.4 Å². The Kier molecular flexibility index (Phi) is 3.40. The highest BCUT2D eigenvalue weighted by molar-refractivity contribution is 5.93. The highest BCUT2D eigenvalue weighted by Gasteiger charge is 2.18. The Labute approximate surface area is 128 Å². The molecule has 0 atom stereocenters. The van der Waals surface area contributed by atoms with Gasteiger partial charge in [0.1, 0.15) is 0 Å². The molecular formula is C16H19N5O. The fourth-order valence-corrected chi connectivity index (χ4v) is 2.88. The van der Waals surface area contributed by atoms with Crippen molar-refractivity contribution in [3.63, 3.8) is 0 Å². The molecule has 0 saturated carbocycles. The molecule has 3 aromatic rings. The summed E-state index contributed by atoms with van der Waals surface area (Å²) in [5.74, 6) is 1.34. The lowest BCUT2D eigenvalue weighted by Crippen LogP contribution is -2.44. The molecule has 1 aromatic carbocycles. The van der Waals surface area contributed by atoms with E-state index in [-0.39, 0.29) is 0 Å². The molecule has 4 rings (SSSR count). The number of benzene rings is 1. The van der Waals surface area contributed by atoms with Gasteiger partial charge in [0.2, 0.25) is 0 Å². The number of hydrogen-bond acceptors (Lipinski definition) is 5. The van der Waals surface area contributed by atoms with Crippen molar-refractivity contribution in [3.8, 4) is 11.5 Å². The summed E-state index contributed by atoms with van der Waals surface area (Å²) in [7, 11) is 2.15. The molecule has 1 saturated heterocycles.